The van der Waals surface area contributed by atoms with E-state index in [1.54, 1.807) is 0 Å². The van der Waals surface area contributed by atoms with Crippen molar-refractivity contribution < 1.29 is 0 Å². The first kappa shape index (κ1) is 35.0. The highest BCUT2D eigenvalue weighted by atomic mass is 15.1. The second-order valence-corrected chi connectivity index (χ2v) is 13.5. The van der Waals surface area contributed by atoms with E-state index in [4.69, 9.17) is 0 Å². The van der Waals surface area contributed by atoms with Crippen LogP contribution in [0.4, 0.5) is 17.1 Å². The van der Waals surface area contributed by atoms with E-state index >= 15 is 0 Å². The van der Waals surface area contributed by atoms with Crippen molar-refractivity contribution in [3.63, 3.8) is 0 Å². The molecule has 0 saturated heterocycles. The van der Waals surface area contributed by atoms with Gasteiger partial charge in [0.1, 0.15) is 0 Å². The van der Waals surface area contributed by atoms with Gasteiger partial charge in [-0.05, 0) is 107 Å². The molecule has 0 aliphatic heterocycles. The molecule has 8 aromatic carbocycles. The van der Waals surface area contributed by atoms with Crippen molar-refractivity contribution in [2.45, 2.75) is 25.7 Å². The van der Waals surface area contributed by atoms with Gasteiger partial charge in [-0.2, -0.15) is 0 Å². The van der Waals surface area contributed by atoms with E-state index in [9.17, 15) is 0 Å². The van der Waals surface area contributed by atoms with Crippen molar-refractivity contribution >= 4 is 17.1 Å². The second-order valence-electron chi connectivity index (χ2n) is 13.5. The van der Waals surface area contributed by atoms with E-state index in [0.717, 1.165) is 42.7 Å². The van der Waals surface area contributed by atoms with Gasteiger partial charge in [-0.1, -0.05) is 188 Å². The lowest BCUT2D eigenvalue weighted by molar-refractivity contribution is 1.15. The van der Waals surface area contributed by atoms with Crippen molar-refractivity contribution in [2.24, 2.45) is 0 Å². The highest BCUT2D eigenvalue weighted by Gasteiger charge is 2.12. The van der Waals surface area contributed by atoms with Gasteiger partial charge in [-0.3, -0.25) is 0 Å². The minimum atomic E-state index is 0.945. The number of benzene rings is 8. The zero-order chi connectivity index (χ0) is 35.9. The molecule has 258 valence electrons. The first-order chi connectivity index (χ1) is 26.2. The molecule has 0 amide bonds. The van der Waals surface area contributed by atoms with Crippen LogP contribution in [0.25, 0.3) is 0 Å². The van der Waals surface area contributed by atoms with Gasteiger partial charge in [0.15, 0.2) is 0 Å². The van der Waals surface area contributed by atoms with Crippen LogP contribution >= 0.6 is 0 Å². The molecule has 0 aliphatic carbocycles. The van der Waals surface area contributed by atoms with Crippen LogP contribution < -0.4 is 4.90 Å². The SMILES string of the molecule is c1ccc(Cc2ccc(Cc3ccccc3)cc2)cc1.c1ccc(Cc2ccc(N(c3ccccc3)c3ccc(Cc4ccccc4)cc3)cc2)cc1. The predicted molar refractivity (Wildman–Crippen MR) is 225 cm³/mol. The summed E-state index contributed by atoms with van der Waals surface area (Å²) in [7, 11) is 0. The summed E-state index contributed by atoms with van der Waals surface area (Å²) in [5, 5.41) is 0. The summed E-state index contributed by atoms with van der Waals surface area (Å²) in [6.07, 6.45) is 3.90. The molecular formula is C52H45N. The highest BCUT2D eigenvalue weighted by molar-refractivity contribution is 5.76. The van der Waals surface area contributed by atoms with Gasteiger partial charge in [-0.15, -0.1) is 0 Å². The van der Waals surface area contributed by atoms with Crippen molar-refractivity contribution in [3.8, 4) is 0 Å². The molecule has 0 N–H and O–H groups in total. The number of anilines is 3. The minimum absolute atomic E-state index is 0.945. The lowest BCUT2D eigenvalue weighted by Crippen LogP contribution is -2.10. The molecule has 0 saturated carbocycles. The first-order valence-corrected chi connectivity index (χ1v) is 18.5. The number of para-hydroxylation sites is 1. The van der Waals surface area contributed by atoms with E-state index in [-0.39, 0.29) is 0 Å². The zero-order valence-electron chi connectivity index (χ0n) is 30.1. The predicted octanol–water partition coefficient (Wildman–Crippen LogP) is 13.2. The average Bonchev–Trinajstić information content (AvgIpc) is 3.22. The van der Waals surface area contributed by atoms with Gasteiger partial charge in [0, 0.05) is 17.1 Å². The smallest absolute Gasteiger partial charge is 0.0461 e. The van der Waals surface area contributed by atoms with Crippen molar-refractivity contribution in [1.82, 2.24) is 0 Å². The highest BCUT2D eigenvalue weighted by Crippen LogP contribution is 2.35. The van der Waals surface area contributed by atoms with Crippen LogP contribution in [-0.2, 0) is 25.7 Å². The number of nitrogens with zero attached hydrogens (tertiary/aromatic N) is 1. The molecule has 1 nitrogen and oxygen atoms in total. The van der Waals surface area contributed by atoms with Crippen LogP contribution in [0.3, 0.4) is 0 Å². The third kappa shape index (κ3) is 10.3. The molecule has 8 rings (SSSR count). The zero-order valence-corrected chi connectivity index (χ0v) is 30.1. The fourth-order valence-electron chi connectivity index (χ4n) is 6.65. The largest absolute Gasteiger partial charge is 0.311 e. The molecule has 0 bridgehead atoms. The maximum atomic E-state index is 2.32. The second kappa shape index (κ2) is 18.2. The summed E-state index contributed by atoms with van der Waals surface area (Å²) < 4.78 is 0. The fourth-order valence-corrected chi connectivity index (χ4v) is 6.65. The van der Waals surface area contributed by atoms with Gasteiger partial charge in [-0.25, -0.2) is 0 Å². The topological polar surface area (TPSA) is 3.24 Å². The molecule has 0 heterocycles. The first-order valence-electron chi connectivity index (χ1n) is 18.5. The monoisotopic (exact) mass is 683 g/mol. The Bertz CT molecular complexity index is 2070. The molecule has 8 aromatic rings. The Kier molecular flexibility index (Phi) is 12.0. The lowest BCUT2D eigenvalue weighted by atomic mass is 10.0. The Balaban J connectivity index is 0.000000186. The Morgan fingerprint density at radius 3 is 0.642 bits per heavy atom. The van der Waals surface area contributed by atoms with Crippen LogP contribution in [0.1, 0.15) is 44.5 Å². The Morgan fingerprint density at radius 2 is 0.377 bits per heavy atom. The summed E-state index contributed by atoms with van der Waals surface area (Å²) in [4.78, 5) is 2.32. The van der Waals surface area contributed by atoms with Crippen LogP contribution in [0.2, 0.25) is 0 Å². The Labute approximate surface area is 315 Å². The van der Waals surface area contributed by atoms with Crippen molar-refractivity contribution in [1.29, 1.82) is 0 Å². The number of hydrogen-bond donors (Lipinski definition) is 0. The summed E-state index contributed by atoms with van der Waals surface area (Å²) in [5.74, 6) is 0. The Morgan fingerprint density at radius 1 is 0.189 bits per heavy atom. The molecule has 0 fully saturated rings. The van der Waals surface area contributed by atoms with E-state index in [1.165, 1.54) is 44.5 Å². The van der Waals surface area contributed by atoms with E-state index in [0.29, 0.717) is 0 Å². The fraction of sp³-hybridized carbons (Fsp3) is 0.0769. The van der Waals surface area contributed by atoms with Gasteiger partial charge >= 0.3 is 0 Å². The average molecular weight is 684 g/mol. The van der Waals surface area contributed by atoms with Gasteiger partial charge in [0.05, 0.1) is 0 Å². The van der Waals surface area contributed by atoms with E-state index in [1.807, 2.05) is 0 Å². The summed E-state index contributed by atoms with van der Waals surface area (Å²) in [6.45, 7) is 0. The van der Waals surface area contributed by atoms with Crippen molar-refractivity contribution in [2.75, 3.05) is 4.90 Å². The molecule has 53 heavy (non-hydrogen) atoms. The van der Waals surface area contributed by atoms with Crippen LogP contribution in [0, 0.1) is 0 Å². The molecule has 0 aromatic heterocycles. The standard InChI is InChI=1S/C32H27N.C20H18/c1-4-10-26(11-5-1)24-28-16-20-31(21-17-28)33(30-14-8-3-9-15-30)32-22-18-29(19-23-32)25-27-12-6-2-7-13-27;1-3-7-17(8-4-1)15-19-11-13-20(14-12-19)16-18-9-5-2-6-10-18/h1-23H,24-25H2;1-14H,15-16H2. The third-order valence-electron chi connectivity index (χ3n) is 9.43. The normalized spacial score (nSPS) is 10.6. The van der Waals surface area contributed by atoms with Crippen LogP contribution in [-0.4, -0.2) is 0 Å². The quantitative estimate of drug-likeness (QED) is 0.131. The molecule has 0 atom stereocenters. The van der Waals surface area contributed by atoms with Crippen LogP contribution in [0.15, 0.2) is 224 Å². The summed E-state index contributed by atoms with van der Waals surface area (Å²) in [5.41, 5.74) is 14.2. The van der Waals surface area contributed by atoms with E-state index in [2.05, 4.69) is 229 Å². The number of rotatable bonds is 11. The number of hydrogen-bond acceptors (Lipinski definition) is 1. The van der Waals surface area contributed by atoms with Crippen molar-refractivity contribution in [3.05, 3.63) is 269 Å². The summed E-state index contributed by atoms with van der Waals surface area (Å²) in [6, 6.07) is 79.9. The maximum Gasteiger partial charge on any atom is 0.0461 e. The maximum absolute atomic E-state index is 2.32. The van der Waals surface area contributed by atoms with Gasteiger partial charge in [0.25, 0.3) is 0 Å². The Hall–Kier alpha value is -6.44. The van der Waals surface area contributed by atoms with Crippen LogP contribution in [0.5, 0.6) is 0 Å². The molecule has 0 unspecified atom stereocenters. The minimum Gasteiger partial charge on any atom is -0.311 e. The van der Waals surface area contributed by atoms with Gasteiger partial charge in [0.2, 0.25) is 0 Å². The molecule has 0 radical (unpaired) electrons. The molecule has 0 spiro atoms. The molecular weight excluding hydrogens is 639 g/mol. The van der Waals surface area contributed by atoms with E-state index < -0.39 is 0 Å². The lowest BCUT2D eigenvalue weighted by Gasteiger charge is -2.26. The molecule has 0 aliphatic rings. The third-order valence-corrected chi connectivity index (χ3v) is 9.43. The van der Waals surface area contributed by atoms with Gasteiger partial charge < -0.3 is 4.90 Å². The molecule has 1 heteroatoms. The summed E-state index contributed by atoms with van der Waals surface area (Å²) >= 11 is 0.